The van der Waals surface area contributed by atoms with Crippen molar-refractivity contribution in [2.24, 2.45) is 11.7 Å². The van der Waals surface area contributed by atoms with Gasteiger partial charge < -0.3 is 16.4 Å². The van der Waals surface area contributed by atoms with Gasteiger partial charge in [-0.1, -0.05) is 41.9 Å². The lowest BCUT2D eigenvalue weighted by molar-refractivity contribution is -0.122. The van der Waals surface area contributed by atoms with Gasteiger partial charge in [0, 0.05) is 31.1 Å². The summed E-state index contributed by atoms with van der Waals surface area (Å²) in [6.07, 6.45) is 6.39. The fraction of sp³-hybridized carbons (Fsp3) is 0.387. The molecule has 1 amide bonds. The zero-order valence-corrected chi connectivity index (χ0v) is 24.4. The molecule has 0 radical (unpaired) electrons. The molecule has 2 fully saturated rings. The van der Waals surface area contributed by atoms with E-state index in [0.29, 0.717) is 48.7 Å². The van der Waals surface area contributed by atoms with Crippen LogP contribution in [0.25, 0.3) is 11.2 Å². The van der Waals surface area contributed by atoms with Crippen LogP contribution >= 0.6 is 11.6 Å². The molecule has 0 bridgehead atoms. The third-order valence-corrected chi connectivity index (χ3v) is 8.69. The Morgan fingerprint density at radius 3 is 2.65 bits per heavy atom. The lowest BCUT2D eigenvalue weighted by Gasteiger charge is -2.33. The Kier molecular flexibility index (Phi) is 8.40. The quantitative estimate of drug-likeness (QED) is 0.240. The van der Waals surface area contributed by atoms with E-state index in [-0.39, 0.29) is 40.2 Å². The second kappa shape index (κ2) is 12.5. The number of amides is 1. The van der Waals surface area contributed by atoms with E-state index in [1.807, 2.05) is 16.7 Å². The number of fused-ring (bicyclic) bond motifs is 1. The predicted molar refractivity (Wildman–Crippen MR) is 163 cm³/mol. The zero-order valence-electron chi connectivity index (χ0n) is 23.6. The zero-order chi connectivity index (χ0) is 29.9. The van der Waals surface area contributed by atoms with E-state index < -0.39 is 5.82 Å². The molecule has 0 unspecified atom stereocenters. The summed E-state index contributed by atoms with van der Waals surface area (Å²) in [6.45, 7) is 2.80. The smallest absolute Gasteiger partial charge is 0.225 e. The molecule has 2 aliphatic rings. The lowest BCUT2D eigenvalue weighted by atomic mass is 9.85. The first-order chi connectivity index (χ1) is 20.9. The number of nitrogens with two attached hydrogens (primary N) is 1. The van der Waals surface area contributed by atoms with E-state index in [4.69, 9.17) is 27.3 Å². The van der Waals surface area contributed by atoms with Gasteiger partial charge in [0.05, 0.1) is 28.5 Å². The molecule has 222 valence electrons. The molecule has 1 saturated carbocycles. The van der Waals surface area contributed by atoms with Crippen molar-refractivity contribution < 1.29 is 9.18 Å². The van der Waals surface area contributed by atoms with E-state index in [1.54, 1.807) is 6.20 Å². The molecule has 43 heavy (non-hydrogen) atoms. The minimum atomic E-state index is -0.661. The molecular weight excluding hydrogens is 569 g/mol. The van der Waals surface area contributed by atoms with Crippen LogP contribution in [0.1, 0.15) is 55.7 Å². The first kappa shape index (κ1) is 28.8. The van der Waals surface area contributed by atoms with Gasteiger partial charge in [-0.05, 0) is 62.8 Å². The molecule has 1 aliphatic carbocycles. The van der Waals surface area contributed by atoms with Crippen LogP contribution in [0.3, 0.4) is 0 Å². The van der Waals surface area contributed by atoms with E-state index >= 15 is 4.39 Å². The number of benzene rings is 2. The Balaban J connectivity index is 1.29. The molecule has 10 nitrogen and oxygen atoms in total. The molecule has 0 spiro atoms. The van der Waals surface area contributed by atoms with E-state index in [1.165, 1.54) is 11.6 Å². The number of carbonyl (C=O) groups excluding carboxylic acids is 1. The van der Waals surface area contributed by atoms with E-state index in [0.717, 1.165) is 38.5 Å². The number of primary amides is 1. The predicted octanol–water partition coefficient (Wildman–Crippen LogP) is 5.53. The van der Waals surface area contributed by atoms with Crippen molar-refractivity contribution in [3.8, 4) is 6.07 Å². The van der Waals surface area contributed by atoms with Crippen LogP contribution in [0.15, 0.2) is 48.7 Å². The van der Waals surface area contributed by atoms with Crippen LogP contribution < -0.4 is 16.4 Å². The molecule has 2 aromatic carbocycles. The molecular formula is C31H33ClFN9O. The van der Waals surface area contributed by atoms with Crippen molar-refractivity contribution in [2.75, 3.05) is 23.7 Å². The minimum absolute atomic E-state index is 0.0232. The Hall–Kier alpha value is -4.27. The average molecular weight is 602 g/mol. The maximum Gasteiger partial charge on any atom is 0.225 e. The summed E-state index contributed by atoms with van der Waals surface area (Å²) >= 11 is 6.37. The second-order valence-electron chi connectivity index (χ2n) is 11.4. The minimum Gasteiger partial charge on any atom is -0.369 e. The van der Waals surface area contributed by atoms with Crippen molar-refractivity contribution in [2.45, 2.75) is 57.2 Å². The molecule has 6 rings (SSSR count). The number of nitrogens with one attached hydrogen (secondary N) is 2. The molecule has 4 aromatic rings. The first-order valence-corrected chi connectivity index (χ1v) is 15.0. The topological polar surface area (TPSA) is 138 Å². The summed E-state index contributed by atoms with van der Waals surface area (Å²) < 4.78 is 17.0. The third-order valence-electron chi connectivity index (χ3n) is 8.39. The number of anilines is 3. The van der Waals surface area contributed by atoms with Crippen molar-refractivity contribution in [1.82, 2.24) is 24.4 Å². The summed E-state index contributed by atoms with van der Waals surface area (Å²) in [4.78, 5) is 28.5. The second-order valence-corrected chi connectivity index (χ2v) is 11.8. The van der Waals surface area contributed by atoms with Crippen LogP contribution in [-0.2, 0) is 11.3 Å². The number of carbonyl (C=O) groups is 1. The lowest BCUT2D eigenvalue weighted by Crippen LogP contribution is -2.41. The molecule has 4 N–H and O–H groups in total. The maximum atomic E-state index is 15.0. The number of aromatic nitrogens is 4. The summed E-state index contributed by atoms with van der Waals surface area (Å²) in [6, 6.07) is 15.0. The highest BCUT2D eigenvalue weighted by atomic mass is 35.5. The summed E-state index contributed by atoms with van der Waals surface area (Å²) in [7, 11) is 0. The highest BCUT2D eigenvalue weighted by molar-refractivity contribution is 6.33. The van der Waals surface area contributed by atoms with Crippen LogP contribution in [0.4, 0.5) is 22.0 Å². The number of rotatable bonds is 8. The molecule has 1 saturated heterocycles. The number of nitrogens with zero attached hydrogens (tertiary/aromatic N) is 6. The van der Waals surface area contributed by atoms with Gasteiger partial charge in [0.1, 0.15) is 11.3 Å². The van der Waals surface area contributed by atoms with Gasteiger partial charge in [-0.3, -0.25) is 14.3 Å². The van der Waals surface area contributed by atoms with E-state index in [2.05, 4.69) is 44.8 Å². The molecule has 1 atom stereocenters. The molecule has 12 heteroatoms. The highest BCUT2D eigenvalue weighted by Crippen LogP contribution is 2.38. The fourth-order valence-corrected chi connectivity index (χ4v) is 6.48. The van der Waals surface area contributed by atoms with Crippen LogP contribution in [0.5, 0.6) is 0 Å². The summed E-state index contributed by atoms with van der Waals surface area (Å²) in [5.74, 6) is -0.265. The van der Waals surface area contributed by atoms with Gasteiger partial charge in [-0.2, -0.15) is 10.2 Å². The number of nitriles is 1. The number of hydrogen-bond donors (Lipinski definition) is 3. The number of imidazole rings is 1. The van der Waals surface area contributed by atoms with Crippen LogP contribution in [0.2, 0.25) is 5.02 Å². The van der Waals surface area contributed by atoms with Gasteiger partial charge in [-0.25, -0.2) is 14.4 Å². The monoisotopic (exact) mass is 601 g/mol. The summed E-state index contributed by atoms with van der Waals surface area (Å²) in [5.41, 5.74) is 8.17. The third kappa shape index (κ3) is 6.40. The van der Waals surface area contributed by atoms with Crippen molar-refractivity contribution in [3.05, 3.63) is 70.6 Å². The van der Waals surface area contributed by atoms with Gasteiger partial charge in [0.25, 0.3) is 0 Å². The normalized spacial score (nSPS) is 20.9. The maximum absolute atomic E-state index is 15.0. The van der Waals surface area contributed by atoms with Crippen molar-refractivity contribution in [3.63, 3.8) is 0 Å². The Morgan fingerprint density at radius 1 is 1.14 bits per heavy atom. The van der Waals surface area contributed by atoms with Gasteiger partial charge >= 0.3 is 0 Å². The number of piperidine rings is 1. The average Bonchev–Trinajstić information content (AvgIpc) is 3.36. The Labute approximate surface area is 254 Å². The standard InChI is InChI=1S/C31H33ClFN9O/c32-24-13-20(15-34)14-25(33)27(24)39-31-38-26-16-36-30(40-29(26)42(31)23-10-8-21(9-11-23)28(35)43)37-22-7-4-12-41(18-22)17-19-5-2-1-3-6-19/h1-3,5-6,13-14,16,21-23H,4,7-12,17-18H2,(H2,35,43)(H,38,39)(H,36,37,40)/t21?,22-,23?/m1/s1. The summed E-state index contributed by atoms with van der Waals surface area (Å²) in [5, 5.41) is 15.9. The highest BCUT2D eigenvalue weighted by Gasteiger charge is 2.30. The fourth-order valence-electron chi connectivity index (χ4n) is 6.22. The Morgan fingerprint density at radius 2 is 1.93 bits per heavy atom. The molecule has 2 aromatic heterocycles. The van der Waals surface area contributed by atoms with Crippen LogP contribution in [0, 0.1) is 23.1 Å². The largest absolute Gasteiger partial charge is 0.369 e. The van der Waals surface area contributed by atoms with Gasteiger partial charge in [0.2, 0.25) is 17.8 Å². The van der Waals surface area contributed by atoms with E-state index in [9.17, 15) is 10.1 Å². The van der Waals surface area contributed by atoms with Gasteiger partial charge in [0.15, 0.2) is 5.65 Å². The van der Waals surface area contributed by atoms with Crippen molar-refractivity contribution in [1.29, 1.82) is 5.26 Å². The number of likely N-dealkylation sites (tertiary alicyclic amines) is 1. The van der Waals surface area contributed by atoms with Gasteiger partial charge in [-0.15, -0.1) is 0 Å². The number of hydrogen-bond acceptors (Lipinski definition) is 8. The molecule has 1 aliphatic heterocycles. The Bertz CT molecular complexity index is 1640. The number of halogens is 2. The SMILES string of the molecule is N#Cc1cc(F)c(Nc2nc3cnc(N[C@@H]4CCCN(Cc5ccccc5)C4)nc3n2C2CCC(C(N)=O)CC2)c(Cl)c1. The van der Waals surface area contributed by atoms with Crippen molar-refractivity contribution >= 4 is 46.3 Å². The molecule has 3 heterocycles. The van der Waals surface area contributed by atoms with Crippen LogP contribution in [-0.4, -0.2) is 49.5 Å². The first-order valence-electron chi connectivity index (χ1n) is 14.6.